The van der Waals surface area contributed by atoms with Gasteiger partial charge in [-0.3, -0.25) is 4.21 Å². The van der Waals surface area contributed by atoms with Gasteiger partial charge in [0.25, 0.3) is 0 Å². The van der Waals surface area contributed by atoms with Gasteiger partial charge in [0.15, 0.2) is 0 Å². The Kier molecular flexibility index (Phi) is 6.15. The van der Waals surface area contributed by atoms with Gasteiger partial charge in [0.2, 0.25) is 0 Å². The van der Waals surface area contributed by atoms with Crippen LogP contribution in [0.4, 0.5) is 0 Å². The van der Waals surface area contributed by atoms with Crippen LogP contribution in [-0.4, -0.2) is 34.5 Å². The van der Waals surface area contributed by atoms with Gasteiger partial charge in [0, 0.05) is 40.5 Å². The van der Waals surface area contributed by atoms with Crippen LogP contribution in [0.15, 0.2) is 18.2 Å². The molecule has 0 aliphatic rings. The highest BCUT2D eigenvalue weighted by Gasteiger charge is 2.06. The monoisotopic (exact) mass is 271 g/mol. The van der Waals surface area contributed by atoms with Crippen molar-refractivity contribution < 1.29 is 14.1 Å². The molecule has 18 heavy (non-hydrogen) atoms. The maximum Gasteiger partial charge on any atom is 0.123 e. The maximum absolute atomic E-state index is 11.2. The largest absolute Gasteiger partial charge is 0.507 e. The van der Waals surface area contributed by atoms with Crippen molar-refractivity contribution in [3.63, 3.8) is 0 Å². The molecule has 0 aliphatic heterocycles. The van der Waals surface area contributed by atoms with Gasteiger partial charge in [-0.15, -0.1) is 0 Å². The van der Waals surface area contributed by atoms with Gasteiger partial charge in [0.05, 0.1) is 7.11 Å². The van der Waals surface area contributed by atoms with E-state index in [4.69, 9.17) is 4.74 Å². The molecule has 1 aromatic carbocycles. The summed E-state index contributed by atoms with van der Waals surface area (Å²) in [6.07, 6.45) is 2.58. The van der Waals surface area contributed by atoms with Gasteiger partial charge in [-0.1, -0.05) is 13.0 Å². The molecule has 0 saturated heterocycles. The molecule has 0 fully saturated rings. The summed E-state index contributed by atoms with van der Waals surface area (Å²) >= 11 is 0. The lowest BCUT2D eigenvalue weighted by molar-refractivity contribution is 0.406. The summed E-state index contributed by atoms with van der Waals surface area (Å²) in [5.41, 5.74) is 0.834. The van der Waals surface area contributed by atoms with Gasteiger partial charge in [-0.05, 0) is 19.0 Å². The Labute approximate surface area is 111 Å². The quantitative estimate of drug-likeness (QED) is 0.740. The highest BCUT2D eigenvalue weighted by molar-refractivity contribution is 7.84. The minimum atomic E-state index is -0.773. The van der Waals surface area contributed by atoms with Gasteiger partial charge in [-0.2, -0.15) is 0 Å². The summed E-state index contributed by atoms with van der Waals surface area (Å²) < 4.78 is 16.2. The molecule has 4 nitrogen and oxygen atoms in total. The molecule has 0 saturated carbocycles. The molecule has 1 aromatic rings. The Morgan fingerprint density at radius 1 is 1.50 bits per heavy atom. The number of rotatable bonds is 7. The topological polar surface area (TPSA) is 58.6 Å². The third-order valence-electron chi connectivity index (χ3n) is 2.90. The summed E-state index contributed by atoms with van der Waals surface area (Å²) in [6.45, 7) is 3.35. The molecule has 5 heteroatoms. The van der Waals surface area contributed by atoms with Crippen molar-refractivity contribution in [3.05, 3.63) is 23.8 Å². The smallest absolute Gasteiger partial charge is 0.123 e. The van der Waals surface area contributed by atoms with Crippen LogP contribution in [0.25, 0.3) is 0 Å². The highest BCUT2D eigenvalue weighted by atomic mass is 32.2. The Bertz CT molecular complexity index is 409. The van der Waals surface area contributed by atoms with E-state index in [0.29, 0.717) is 12.3 Å². The lowest BCUT2D eigenvalue weighted by atomic mass is 10.2. The Morgan fingerprint density at radius 2 is 2.22 bits per heavy atom. The van der Waals surface area contributed by atoms with Crippen molar-refractivity contribution in [2.75, 3.05) is 19.9 Å². The zero-order valence-electron chi connectivity index (χ0n) is 11.1. The van der Waals surface area contributed by atoms with Crippen molar-refractivity contribution >= 4 is 10.8 Å². The molecule has 0 aromatic heterocycles. The lowest BCUT2D eigenvalue weighted by Crippen LogP contribution is -2.20. The van der Waals surface area contributed by atoms with Crippen LogP contribution in [0.1, 0.15) is 18.9 Å². The fourth-order valence-electron chi connectivity index (χ4n) is 1.51. The first-order valence-electron chi connectivity index (χ1n) is 5.93. The number of ether oxygens (including phenoxy) is 1. The normalized spacial score (nSPS) is 14.2. The summed E-state index contributed by atoms with van der Waals surface area (Å²) in [5.74, 6) is 0.875. The number of phenols is 1. The molecule has 2 atom stereocenters. The number of phenolic OH excluding ortho intramolecular Hbond substituents is 1. The first-order valence-corrected chi connectivity index (χ1v) is 7.55. The third kappa shape index (κ3) is 4.66. The minimum Gasteiger partial charge on any atom is -0.507 e. The lowest BCUT2D eigenvalue weighted by Gasteiger charge is -2.10. The molecule has 102 valence electrons. The molecular formula is C13H21NO3S. The Hall–Kier alpha value is -1.07. The summed E-state index contributed by atoms with van der Waals surface area (Å²) in [4.78, 5) is 0. The van der Waals surface area contributed by atoms with Crippen LogP contribution in [0.5, 0.6) is 11.5 Å². The molecule has 0 amide bonds. The fourth-order valence-corrected chi connectivity index (χ4v) is 1.96. The number of hydrogen-bond acceptors (Lipinski definition) is 4. The van der Waals surface area contributed by atoms with Crippen molar-refractivity contribution in [1.82, 2.24) is 5.32 Å². The van der Waals surface area contributed by atoms with E-state index < -0.39 is 10.8 Å². The molecule has 1 rings (SSSR count). The van der Waals surface area contributed by atoms with Gasteiger partial charge in [-0.25, -0.2) is 0 Å². The van der Waals surface area contributed by atoms with Crippen LogP contribution in [0, 0.1) is 0 Å². The number of methoxy groups -OCH3 is 1. The molecule has 0 bridgehead atoms. The van der Waals surface area contributed by atoms with Crippen molar-refractivity contribution in [2.45, 2.75) is 25.1 Å². The van der Waals surface area contributed by atoms with E-state index in [1.807, 2.05) is 19.1 Å². The average molecular weight is 271 g/mol. The molecule has 0 heterocycles. The van der Waals surface area contributed by atoms with E-state index in [-0.39, 0.29) is 11.0 Å². The van der Waals surface area contributed by atoms with Crippen LogP contribution >= 0.6 is 0 Å². The SMILES string of the molecule is COc1ccc(CNCCC(C)S(C)=O)c(O)c1. The summed E-state index contributed by atoms with van der Waals surface area (Å²) in [5, 5.41) is 13.2. The minimum absolute atomic E-state index is 0.196. The van der Waals surface area contributed by atoms with Crippen LogP contribution in [-0.2, 0) is 17.3 Å². The van der Waals surface area contributed by atoms with Crippen LogP contribution < -0.4 is 10.1 Å². The summed E-state index contributed by atoms with van der Waals surface area (Å²) in [6, 6.07) is 5.25. The molecule has 2 unspecified atom stereocenters. The van der Waals surface area contributed by atoms with Gasteiger partial charge in [0.1, 0.15) is 11.5 Å². The second-order valence-electron chi connectivity index (χ2n) is 4.27. The molecule has 0 aliphatic carbocycles. The predicted octanol–water partition coefficient (Wildman–Crippen LogP) is 1.65. The molecule has 0 radical (unpaired) electrons. The average Bonchev–Trinajstić information content (AvgIpc) is 2.35. The Morgan fingerprint density at radius 3 is 2.78 bits per heavy atom. The Balaban J connectivity index is 2.38. The molecular weight excluding hydrogens is 250 g/mol. The van der Waals surface area contributed by atoms with E-state index in [2.05, 4.69) is 5.32 Å². The maximum atomic E-state index is 11.2. The standard InChI is InChI=1S/C13H21NO3S/c1-10(18(3)16)6-7-14-9-11-4-5-12(17-2)8-13(11)15/h4-5,8,10,14-15H,6-7,9H2,1-3H3. The van der Waals surface area contributed by atoms with E-state index >= 15 is 0 Å². The zero-order valence-corrected chi connectivity index (χ0v) is 11.9. The summed E-state index contributed by atoms with van der Waals surface area (Å²) in [7, 11) is 0.795. The van der Waals surface area contributed by atoms with E-state index in [9.17, 15) is 9.32 Å². The predicted molar refractivity (Wildman–Crippen MR) is 74.5 cm³/mol. The number of hydrogen-bond donors (Lipinski definition) is 2. The first-order chi connectivity index (χ1) is 8.54. The molecule has 0 spiro atoms. The van der Waals surface area contributed by atoms with Crippen LogP contribution in [0.2, 0.25) is 0 Å². The second kappa shape index (κ2) is 7.38. The van der Waals surface area contributed by atoms with Crippen molar-refractivity contribution in [1.29, 1.82) is 0 Å². The molecule has 2 N–H and O–H groups in total. The van der Waals surface area contributed by atoms with E-state index in [0.717, 1.165) is 18.5 Å². The number of nitrogens with one attached hydrogen (secondary N) is 1. The zero-order chi connectivity index (χ0) is 13.5. The van der Waals surface area contributed by atoms with Gasteiger partial charge < -0.3 is 15.2 Å². The first kappa shape index (κ1) is 15.0. The number of benzene rings is 1. The van der Waals surface area contributed by atoms with Crippen molar-refractivity contribution in [3.8, 4) is 11.5 Å². The van der Waals surface area contributed by atoms with E-state index in [1.54, 1.807) is 19.4 Å². The van der Waals surface area contributed by atoms with Crippen molar-refractivity contribution in [2.24, 2.45) is 0 Å². The van der Waals surface area contributed by atoms with Crippen LogP contribution in [0.3, 0.4) is 0 Å². The second-order valence-corrected chi connectivity index (χ2v) is 6.07. The number of aromatic hydroxyl groups is 1. The highest BCUT2D eigenvalue weighted by Crippen LogP contribution is 2.22. The van der Waals surface area contributed by atoms with E-state index in [1.165, 1.54) is 0 Å². The third-order valence-corrected chi connectivity index (χ3v) is 4.27. The fraction of sp³-hybridized carbons (Fsp3) is 0.538. The van der Waals surface area contributed by atoms with Gasteiger partial charge >= 0.3 is 0 Å².